The first-order valence-corrected chi connectivity index (χ1v) is 8.75. The Morgan fingerprint density at radius 1 is 1.43 bits per heavy atom. The van der Waals surface area contributed by atoms with Crippen LogP contribution in [0.4, 0.5) is 0 Å². The summed E-state index contributed by atoms with van der Waals surface area (Å²) in [4.78, 5) is 13.4. The van der Waals surface area contributed by atoms with E-state index >= 15 is 0 Å². The number of nitrogens with zero attached hydrogens (tertiary/aromatic N) is 2. The van der Waals surface area contributed by atoms with Crippen LogP contribution in [0.15, 0.2) is 29.2 Å². The fraction of sp³-hybridized carbons (Fsp3) is 0.533. The van der Waals surface area contributed by atoms with E-state index < -0.39 is 22.0 Å². The van der Waals surface area contributed by atoms with Crippen LogP contribution in [0.1, 0.15) is 12.5 Å². The molecule has 2 rings (SSSR count). The van der Waals surface area contributed by atoms with Gasteiger partial charge in [0.1, 0.15) is 6.04 Å². The van der Waals surface area contributed by atoms with Gasteiger partial charge >= 0.3 is 5.97 Å². The van der Waals surface area contributed by atoms with E-state index in [0.29, 0.717) is 13.1 Å². The molecule has 0 radical (unpaired) electrons. The first kappa shape index (κ1) is 17.9. The quantitative estimate of drug-likeness (QED) is 0.844. The van der Waals surface area contributed by atoms with Gasteiger partial charge in [-0.3, -0.25) is 9.69 Å². The maximum Gasteiger partial charge on any atom is 0.323 e. The molecule has 0 spiro atoms. The highest BCUT2D eigenvalue weighted by Crippen LogP contribution is 2.19. The van der Waals surface area contributed by atoms with Crippen molar-refractivity contribution < 1.29 is 23.1 Å². The fourth-order valence-electron chi connectivity index (χ4n) is 2.52. The van der Waals surface area contributed by atoms with Crippen molar-refractivity contribution in [3.05, 3.63) is 29.8 Å². The maximum atomic E-state index is 12.2. The number of ether oxygens (including phenoxy) is 1. The molecule has 1 aliphatic rings. The van der Waals surface area contributed by atoms with Crippen LogP contribution in [0.3, 0.4) is 0 Å². The van der Waals surface area contributed by atoms with E-state index in [4.69, 9.17) is 4.74 Å². The van der Waals surface area contributed by atoms with E-state index in [2.05, 4.69) is 0 Å². The Morgan fingerprint density at radius 2 is 2.13 bits per heavy atom. The highest BCUT2D eigenvalue weighted by Gasteiger charge is 2.32. The summed E-state index contributed by atoms with van der Waals surface area (Å²) in [6, 6.07) is 5.88. The van der Waals surface area contributed by atoms with Crippen molar-refractivity contribution in [2.75, 3.05) is 27.2 Å². The molecule has 0 amide bonds. The molecule has 128 valence electrons. The van der Waals surface area contributed by atoms with Gasteiger partial charge in [0.2, 0.25) is 10.0 Å². The van der Waals surface area contributed by atoms with Gasteiger partial charge in [0, 0.05) is 27.2 Å². The summed E-state index contributed by atoms with van der Waals surface area (Å²) in [7, 11) is -0.550. The first-order valence-electron chi connectivity index (χ1n) is 7.31. The molecule has 1 N–H and O–H groups in total. The van der Waals surface area contributed by atoms with Gasteiger partial charge in [-0.2, -0.15) is 0 Å². The average molecular weight is 342 g/mol. The number of sulfonamides is 1. The van der Waals surface area contributed by atoms with Crippen LogP contribution in [0.2, 0.25) is 0 Å². The van der Waals surface area contributed by atoms with Gasteiger partial charge in [-0.05, 0) is 24.6 Å². The molecule has 0 saturated carbocycles. The van der Waals surface area contributed by atoms with Gasteiger partial charge in [0.15, 0.2) is 0 Å². The van der Waals surface area contributed by atoms with Gasteiger partial charge in [-0.1, -0.05) is 12.1 Å². The lowest BCUT2D eigenvalue weighted by atomic mass is 10.1. The molecule has 2 atom stereocenters. The summed E-state index contributed by atoms with van der Waals surface area (Å²) in [5.41, 5.74) is 0.758. The Bertz CT molecular complexity index is 674. The van der Waals surface area contributed by atoms with Crippen molar-refractivity contribution in [2.45, 2.75) is 30.5 Å². The van der Waals surface area contributed by atoms with Crippen LogP contribution in [-0.4, -0.2) is 68.1 Å². The standard InChI is InChI=1S/C15H22N2O5S/c1-11-8-17(14(10-22-11)15(18)19)9-12-5-4-6-13(7-12)23(20,21)16(2)3/h4-7,11,14H,8-10H2,1-3H3,(H,18,19)/t11-,14-/m0/s1. The molecule has 23 heavy (non-hydrogen) atoms. The zero-order chi connectivity index (χ0) is 17.2. The molecule has 8 heteroatoms. The molecule has 0 aromatic heterocycles. The van der Waals surface area contributed by atoms with Gasteiger partial charge in [-0.25, -0.2) is 12.7 Å². The van der Waals surface area contributed by atoms with E-state index in [1.54, 1.807) is 23.1 Å². The third kappa shape index (κ3) is 4.08. The highest BCUT2D eigenvalue weighted by molar-refractivity contribution is 7.89. The number of aliphatic carboxylic acids is 1. The molecule has 1 aromatic rings. The van der Waals surface area contributed by atoms with Crippen molar-refractivity contribution >= 4 is 16.0 Å². The van der Waals surface area contributed by atoms with E-state index in [-0.39, 0.29) is 17.6 Å². The van der Waals surface area contributed by atoms with E-state index in [1.165, 1.54) is 20.2 Å². The topological polar surface area (TPSA) is 87.2 Å². The maximum absolute atomic E-state index is 12.2. The minimum Gasteiger partial charge on any atom is -0.480 e. The molecular weight excluding hydrogens is 320 g/mol. The largest absolute Gasteiger partial charge is 0.480 e. The zero-order valence-electron chi connectivity index (χ0n) is 13.5. The second kappa shape index (κ2) is 6.96. The van der Waals surface area contributed by atoms with Gasteiger partial charge in [0.25, 0.3) is 0 Å². The van der Waals surface area contributed by atoms with Crippen molar-refractivity contribution in [2.24, 2.45) is 0 Å². The second-order valence-corrected chi connectivity index (χ2v) is 8.01. The predicted molar refractivity (Wildman–Crippen MR) is 84.6 cm³/mol. The van der Waals surface area contributed by atoms with Crippen molar-refractivity contribution in [3.8, 4) is 0 Å². The van der Waals surface area contributed by atoms with Crippen LogP contribution < -0.4 is 0 Å². The van der Waals surface area contributed by atoms with E-state index in [1.807, 2.05) is 6.92 Å². The Morgan fingerprint density at radius 3 is 2.74 bits per heavy atom. The fourth-order valence-corrected chi connectivity index (χ4v) is 3.50. The average Bonchev–Trinajstić information content (AvgIpc) is 2.47. The molecule has 1 saturated heterocycles. The number of carboxylic acids is 1. The van der Waals surface area contributed by atoms with E-state index in [0.717, 1.165) is 9.87 Å². The smallest absolute Gasteiger partial charge is 0.323 e. The van der Waals surface area contributed by atoms with Crippen molar-refractivity contribution in [3.63, 3.8) is 0 Å². The van der Waals surface area contributed by atoms with Crippen LogP contribution in [0.5, 0.6) is 0 Å². The number of carbonyl (C=O) groups is 1. The number of benzene rings is 1. The molecule has 1 aromatic carbocycles. The van der Waals surface area contributed by atoms with Gasteiger partial charge < -0.3 is 9.84 Å². The summed E-state index contributed by atoms with van der Waals surface area (Å²) in [6.45, 7) is 2.87. The SMILES string of the molecule is C[C@H]1CN(Cc2cccc(S(=O)(=O)N(C)C)c2)[C@H](C(=O)O)CO1. The third-order valence-electron chi connectivity index (χ3n) is 3.82. The molecule has 7 nitrogen and oxygen atoms in total. The number of hydrogen-bond donors (Lipinski definition) is 1. The first-order chi connectivity index (χ1) is 10.7. The number of morpholine rings is 1. The lowest BCUT2D eigenvalue weighted by Gasteiger charge is -2.36. The van der Waals surface area contributed by atoms with Crippen LogP contribution in [-0.2, 0) is 26.1 Å². The molecule has 1 fully saturated rings. The van der Waals surface area contributed by atoms with Crippen LogP contribution >= 0.6 is 0 Å². The molecule has 0 aliphatic carbocycles. The lowest BCUT2D eigenvalue weighted by Crippen LogP contribution is -2.52. The summed E-state index contributed by atoms with van der Waals surface area (Å²) in [5, 5.41) is 9.31. The number of rotatable bonds is 5. The van der Waals surface area contributed by atoms with Crippen LogP contribution in [0, 0.1) is 0 Å². The Hall–Kier alpha value is -1.48. The van der Waals surface area contributed by atoms with Crippen molar-refractivity contribution in [1.29, 1.82) is 0 Å². The summed E-state index contributed by atoms with van der Waals surface area (Å²) >= 11 is 0. The normalized spacial score (nSPS) is 23.1. The highest BCUT2D eigenvalue weighted by atomic mass is 32.2. The minimum atomic E-state index is -3.51. The Kier molecular flexibility index (Phi) is 5.41. The van der Waals surface area contributed by atoms with Gasteiger partial charge in [-0.15, -0.1) is 0 Å². The molecule has 1 heterocycles. The minimum absolute atomic E-state index is 0.0562. The molecule has 0 bridgehead atoms. The Balaban J connectivity index is 2.24. The number of hydrogen-bond acceptors (Lipinski definition) is 5. The summed E-state index contributed by atoms with van der Waals surface area (Å²) in [6.07, 6.45) is -0.0562. The van der Waals surface area contributed by atoms with Crippen LogP contribution in [0.25, 0.3) is 0 Å². The van der Waals surface area contributed by atoms with Crippen molar-refractivity contribution in [1.82, 2.24) is 9.21 Å². The number of carboxylic acid groups (broad SMARTS) is 1. The summed E-state index contributed by atoms with van der Waals surface area (Å²) < 4.78 is 31.0. The van der Waals surface area contributed by atoms with E-state index in [9.17, 15) is 18.3 Å². The summed E-state index contributed by atoms with van der Waals surface area (Å²) in [5.74, 6) is -0.936. The monoisotopic (exact) mass is 342 g/mol. The lowest BCUT2D eigenvalue weighted by molar-refractivity contribution is -0.153. The molecule has 1 aliphatic heterocycles. The zero-order valence-corrected chi connectivity index (χ0v) is 14.3. The third-order valence-corrected chi connectivity index (χ3v) is 5.63. The molecule has 0 unspecified atom stereocenters. The second-order valence-electron chi connectivity index (χ2n) is 5.86. The predicted octanol–water partition coefficient (Wildman–Crippen LogP) is 0.611. The van der Waals surface area contributed by atoms with Gasteiger partial charge in [0.05, 0.1) is 17.6 Å². The molecular formula is C15H22N2O5S. The Labute approximate surface area is 136 Å².